The predicted octanol–water partition coefficient (Wildman–Crippen LogP) is 3.19. The minimum absolute atomic E-state index is 0.215. The highest BCUT2D eigenvalue weighted by molar-refractivity contribution is 5.72. The lowest BCUT2D eigenvalue weighted by molar-refractivity contribution is -0.260. The van der Waals surface area contributed by atoms with Gasteiger partial charge in [-0.2, -0.15) is 10.3 Å². The number of nitrogens with zero attached hydrogens (tertiary/aromatic N) is 2. The van der Waals surface area contributed by atoms with E-state index in [1.165, 1.54) is 17.2 Å². The molecule has 1 saturated heterocycles. The van der Waals surface area contributed by atoms with Gasteiger partial charge in [0.1, 0.15) is 6.10 Å². The largest absolute Gasteiger partial charge is 0.462 e. The number of piperidine rings is 1. The molecule has 0 aliphatic carbocycles. The molecule has 0 spiro atoms. The lowest BCUT2D eigenvalue weighted by Gasteiger charge is -2.51. The molecule has 0 aromatic rings. The van der Waals surface area contributed by atoms with Crippen LogP contribution in [0.2, 0.25) is 0 Å². The maximum Gasteiger partial charge on any atom is 0.308 e. The number of carbonyl (C=O) groups is 1. The molecule has 1 aliphatic heterocycles. The van der Waals surface area contributed by atoms with Gasteiger partial charge in [-0.25, -0.2) is 0 Å². The average Bonchev–Trinajstić information content (AvgIpc) is 2.49. The van der Waals surface area contributed by atoms with Gasteiger partial charge in [-0.15, -0.1) is 0 Å². The van der Waals surface area contributed by atoms with Crippen LogP contribution in [-0.2, 0) is 9.53 Å². The maximum atomic E-state index is 12.3. The van der Waals surface area contributed by atoms with E-state index in [4.69, 9.17) is 10.00 Å². The summed E-state index contributed by atoms with van der Waals surface area (Å²) in [6.07, 6.45) is 4.84. The lowest BCUT2D eigenvalue weighted by Crippen LogP contribution is -2.60. The van der Waals surface area contributed by atoms with Crippen molar-refractivity contribution in [3.05, 3.63) is 12.2 Å². The number of rotatable bonds is 7. The van der Waals surface area contributed by atoms with Crippen LogP contribution in [0.5, 0.6) is 0 Å². The first-order valence-corrected chi connectivity index (χ1v) is 8.93. The first-order valence-electron chi connectivity index (χ1n) is 8.93. The van der Waals surface area contributed by atoms with E-state index >= 15 is 0 Å². The fourth-order valence-corrected chi connectivity index (χ4v) is 3.54. The van der Waals surface area contributed by atoms with Crippen LogP contribution < -0.4 is 0 Å². The summed E-state index contributed by atoms with van der Waals surface area (Å²) in [4.78, 5) is 12.3. The lowest BCUT2D eigenvalue weighted by atomic mass is 9.80. The first-order chi connectivity index (χ1) is 11.5. The van der Waals surface area contributed by atoms with Gasteiger partial charge in [0.05, 0.1) is 18.1 Å². The van der Waals surface area contributed by atoms with Crippen molar-refractivity contribution in [1.82, 2.24) is 5.06 Å². The Morgan fingerprint density at radius 2 is 1.88 bits per heavy atom. The van der Waals surface area contributed by atoms with Gasteiger partial charge < -0.3 is 15.1 Å². The number of aliphatic hydroxyl groups is 1. The van der Waals surface area contributed by atoms with Crippen LogP contribution >= 0.6 is 0 Å². The second kappa shape index (κ2) is 8.79. The molecular weight excluding hydrogens is 320 g/mol. The van der Waals surface area contributed by atoms with Crippen molar-refractivity contribution in [2.24, 2.45) is 5.92 Å². The third-order valence-corrected chi connectivity index (χ3v) is 4.82. The summed E-state index contributed by atoms with van der Waals surface area (Å²) in [5.74, 6) is -0.476. The van der Waals surface area contributed by atoms with E-state index in [9.17, 15) is 15.1 Å². The molecule has 2 unspecified atom stereocenters. The summed E-state index contributed by atoms with van der Waals surface area (Å²) < 4.78 is 5.70. The molecule has 2 N–H and O–H groups in total. The summed E-state index contributed by atoms with van der Waals surface area (Å²) in [6.45, 7) is 9.59. The molecule has 0 radical (unpaired) electrons. The number of hydroxylamine groups is 2. The highest BCUT2D eigenvalue weighted by Crippen LogP contribution is 2.38. The zero-order chi connectivity index (χ0) is 19.3. The molecule has 2 atom stereocenters. The van der Waals surface area contributed by atoms with Crippen LogP contribution in [0.25, 0.3) is 0 Å². The van der Waals surface area contributed by atoms with E-state index in [0.29, 0.717) is 32.1 Å². The number of esters is 1. The molecule has 1 aliphatic rings. The zero-order valence-electron chi connectivity index (χ0n) is 16.0. The van der Waals surface area contributed by atoms with Gasteiger partial charge in [-0.05, 0) is 53.0 Å². The Balaban J connectivity index is 2.47. The molecule has 142 valence electrons. The van der Waals surface area contributed by atoms with Crippen molar-refractivity contribution < 1.29 is 19.8 Å². The molecule has 0 aromatic heterocycles. The van der Waals surface area contributed by atoms with Crippen LogP contribution in [0, 0.1) is 17.2 Å². The molecule has 6 heteroatoms. The number of hydrogen-bond acceptors (Lipinski definition) is 6. The van der Waals surface area contributed by atoms with Gasteiger partial charge in [0.25, 0.3) is 0 Å². The Morgan fingerprint density at radius 3 is 2.40 bits per heavy atom. The van der Waals surface area contributed by atoms with E-state index < -0.39 is 17.2 Å². The van der Waals surface area contributed by atoms with E-state index in [1.807, 2.05) is 40.7 Å². The SMILES string of the molecule is CC(CCCC(O)C=CC#N)C(=O)OC1CC(C)(C)N(O)C(C)(C)C1. The van der Waals surface area contributed by atoms with E-state index in [1.54, 1.807) is 0 Å². The normalized spacial score (nSPS) is 23.1. The van der Waals surface area contributed by atoms with Crippen LogP contribution in [0.15, 0.2) is 12.2 Å². The standard InChI is InChI=1S/C19H32N2O4/c1-14(8-6-9-15(22)10-7-11-20)17(23)25-16-12-18(2,3)21(24)19(4,5)13-16/h7,10,14-16,22,24H,6,8-9,12-13H2,1-5H3. The number of allylic oxidation sites excluding steroid dienone is 1. The third kappa shape index (κ3) is 6.43. The molecule has 1 heterocycles. The van der Waals surface area contributed by atoms with Crippen LogP contribution in [0.4, 0.5) is 0 Å². The van der Waals surface area contributed by atoms with Crippen LogP contribution in [-0.4, -0.2) is 44.6 Å². The van der Waals surface area contributed by atoms with Crippen molar-refractivity contribution in [3.63, 3.8) is 0 Å². The van der Waals surface area contributed by atoms with E-state index in [2.05, 4.69) is 0 Å². The fraction of sp³-hybridized carbons (Fsp3) is 0.789. The summed E-state index contributed by atoms with van der Waals surface area (Å²) in [7, 11) is 0. The van der Waals surface area contributed by atoms with Crippen LogP contribution in [0.1, 0.15) is 66.7 Å². The molecule has 6 nitrogen and oxygen atoms in total. The average molecular weight is 352 g/mol. The van der Waals surface area contributed by atoms with Crippen molar-refractivity contribution in [2.45, 2.75) is 90.0 Å². The summed E-state index contributed by atoms with van der Waals surface area (Å²) in [6, 6.07) is 1.84. The number of aliphatic hydroxyl groups excluding tert-OH is 1. The van der Waals surface area contributed by atoms with Crippen molar-refractivity contribution in [1.29, 1.82) is 5.26 Å². The summed E-state index contributed by atoms with van der Waals surface area (Å²) in [5.41, 5.74) is -0.903. The Morgan fingerprint density at radius 1 is 1.32 bits per heavy atom. The topological polar surface area (TPSA) is 93.8 Å². The van der Waals surface area contributed by atoms with Gasteiger partial charge >= 0.3 is 5.97 Å². The highest BCUT2D eigenvalue weighted by atomic mass is 16.5. The summed E-state index contributed by atoms with van der Waals surface area (Å²) >= 11 is 0. The molecule has 1 fully saturated rings. The van der Waals surface area contributed by atoms with Gasteiger partial charge in [0.15, 0.2) is 0 Å². The van der Waals surface area contributed by atoms with Gasteiger partial charge in [-0.3, -0.25) is 4.79 Å². The Kier molecular flexibility index (Phi) is 7.61. The fourth-order valence-electron chi connectivity index (χ4n) is 3.54. The van der Waals surface area contributed by atoms with E-state index in [0.717, 1.165) is 0 Å². The molecule has 1 rings (SSSR count). The maximum absolute atomic E-state index is 12.3. The van der Waals surface area contributed by atoms with Crippen molar-refractivity contribution >= 4 is 5.97 Å². The molecule has 0 bridgehead atoms. The van der Waals surface area contributed by atoms with E-state index in [-0.39, 0.29) is 18.0 Å². The molecule has 0 aromatic carbocycles. The first kappa shape index (κ1) is 21.6. The molecule has 25 heavy (non-hydrogen) atoms. The summed E-state index contributed by atoms with van der Waals surface area (Å²) in [5, 5.41) is 29.7. The second-order valence-corrected chi connectivity index (χ2v) is 8.29. The minimum atomic E-state index is -0.654. The Labute approximate surface area is 151 Å². The highest BCUT2D eigenvalue weighted by Gasteiger charge is 2.46. The Bertz CT molecular complexity index is 504. The van der Waals surface area contributed by atoms with Crippen molar-refractivity contribution in [3.8, 4) is 6.07 Å². The second-order valence-electron chi connectivity index (χ2n) is 8.29. The molecule has 0 amide bonds. The number of carbonyl (C=O) groups excluding carboxylic acids is 1. The Hall–Kier alpha value is -1.42. The van der Waals surface area contributed by atoms with Gasteiger partial charge in [0.2, 0.25) is 0 Å². The van der Waals surface area contributed by atoms with Crippen LogP contribution in [0.3, 0.4) is 0 Å². The number of hydrogen-bond donors (Lipinski definition) is 2. The van der Waals surface area contributed by atoms with Gasteiger partial charge in [0, 0.05) is 30.0 Å². The molecular formula is C19H32N2O4. The minimum Gasteiger partial charge on any atom is -0.462 e. The predicted molar refractivity (Wildman–Crippen MR) is 94.7 cm³/mol. The quantitative estimate of drug-likeness (QED) is 0.540. The third-order valence-electron chi connectivity index (χ3n) is 4.82. The monoisotopic (exact) mass is 352 g/mol. The number of nitriles is 1. The number of ether oxygens (including phenoxy) is 1. The van der Waals surface area contributed by atoms with Gasteiger partial charge in [-0.1, -0.05) is 6.92 Å². The van der Waals surface area contributed by atoms with Crippen molar-refractivity contribution in [2.75, 3.05) is 0 Å². The zero-order valence-corrected chi connectivity index (χ0v) is 16.0. The smallest absolute Gasteiger partial charge is 0.308 e. The molecule has 0 saturated carbocycles.